The van der Waals surface area contributed by atoms with Crippen LogP contribution in [0.15, 0.2) is 48.5 Å². The van der Waals surface area contributed by atoms with Gasteiger partial charge in [0.05, 0.1) is 11.9 Å². The number of rotatable bonds is 12. The van der Waals surface area contributed by atoms with Crippen molar-refractivity contribution < 1.29 is 18.0 Å². The van der Waals surface area contributed by atoms with Gasteiger partial charge in [-0.25, -0.2) is 8.42 Å². The molecule has 0 aliphatic rings. The Hall–Kier alpha value is -2.87. The summed E-state index contributed by atoms with van der Waals surface area (Å²) in [6, 6.07) is 14.2. The van der Waals surface area contributed by atoms with E-state index in [4.69, 9.17) is 0 Å². The highest BCUT2D eigenvalue weighted by Gasteiger charge is 2.31. The molecule has 0 radical (unpaired) electrons. The van der Waals surface area contributed by atoms with E-state index in [0.29, 0.717) is 24.6 Å². The van der Waals surface area contributed by atoms with Crippen LogP contribution in [-0.2, 0) is 26.2 Å². The molecule has 35 heavy (non-hydrogen) atoms. The molecule has 0 aliphatic carbocycles. The number of carbonyl (C=O) groups excluding carboxylic acids is 2. The summed E-state index contributed by atoms with van der Waals surface area (Å²) < 4.78 is 26.5. The van der Waals surface area contributed by atoms with E-state index in [1.165, 1.54) is 4.90 Å². The van der Waals surface area contributed by atoms with Gasteiger partial charge in [0.1, 0.15) is 12.6 Å². The summed E-state index contributed by atoms with van der Waals surface area (Å²) in [4.78, 5) is 28.2. The molecule has 2 aromatic carbocycles. The first-order valence-electron chi connectivity index (χ1n) is 12.2. The number of hydrogen-bond donors (Lipinski definition) is 1. The second-order valence-corrected chi connectivity index (χ2v) is 11.1. The molecule has 0 heterocycles. The van der Waals surface area contributed by atoms with Gasteiger partial charge < -0.3 is 10.2 Å². The smallest absolute Gasteiger partial charge is 0.244 e. The van der Waals surface area contributed by atoms with Crippen molar-refractivity contribution in [3.63, 3.8) is 0 Å². The molecule has 1 N–H and O–H groups in total. The monoisotopic (exact) mass is 501 g/mol. The molecule has 0 saturated heterocycles. The van der Waals surface area contributed by atoms with E-state index in [2.05, 4.69) is 19.2 Å². The molecule has 8 heteroatoms. The van der Waals surface area contributed by atoms with Crippen LogP contribution in [0.3, 0.4) is 0 Å². The summed E-state index contributed by atoms with van der Waals surface area (Å²) in [5.74, 6) is -0.359. The van der Waals surface area contributed by atoms with Crippen molar-refractivity contribution >= 4 is 27.5 Å². The molecule has 192 valence electrons. The molecular weight excluding hydrogens is 462 g/mol. The lowest BCUT2D eigenvalue weighted by atomic mass is 10.0. The lowest BCUT2D eigenvalue weighted by molar-refractivity contribution is -0.140. The Morgan fingerprint density at radius 1 is 1.00 bits per heavy atom. The average molecular weight is 502 g/mol. The van der Waals surface area contributed by atoms with E-state index in [0.717, 1.165) is 33.7 Å². The van der Waals surface area contributed by atoms with Crippen molar-refractivity contribution in [1.29, 1.82) is 0 Å². The van der Waals surface area contributed by atoms with E-state index < -0.39 is 22.0 Å². The van der Waals surface area contributed by atoms with Gasteiger partial charge in [-0.1, -0.05) is 64.1 Å². The van der Waals surface area contributed by atoms with Crippen LogP contribution in [0, 0.1) is 6.92 Å². The molecular formula is C27H39N3O4S. The zero-order valence-electron chi connectivity index (χ0n) is 21.7. The van der Waals surface area contributed by atoms with Gasteiger partial charge >= 0.3 is 0 Å². The quantitative estimate of drug-likeness (QED) is 0.472. The van der Waals surface area contributed by atoms with Crippen molar-refractivity contribution in [2.75, 3.05) is 23.7 Å². The Balaban J connectivity index is 2.43. The predicted octanol–water partition coefficient (Wildman–Crippen LogP) is 4.22. The van der Waals surface area contributed by atoms with Crippen LogP contribution in [0.5, 0.6) is 0 Å². The number of nitrogens with zero attached hydrogens (tertiary/aromatic N) is 2. The van der Waals surface area contributed by atoms with Crippen LogP contribution in [0.25, 0.3) is 0 Å². The maximum Gasteiger partial charge on any atom is 0.244 e. The minimum Gasteiger partial charge on any atom is -0.354 e. The molecule has 0 unspecified atom stereocenters. The molecule has 0 aliphatic heterocycles. The summed E-state index contributed by atoms with van der Waals surface area (Å²) in [6.45, 7) is 10.2. The molecule has 2 amide bonds. The number of amides is 2. The normalized spacial score (nSPS) is 12.3. The number of carbonyl (C=O) groups is 2. The van der Waals surface area contributed by atoms with Gasteiger partial charge in [-0.3, -0.25) is 13.9 Å². The molecule has 0 spiro atoms. The number of benzene rings is 2. The Labute approximate surface area is 210 Å². The van der Waals surface area contributed by atoms with E-state index >= 15 is 0 Å². The highest BCUT2D eigenvalue weighted by atomic mass is 32.2. The Morgan fingerprint density at radius 3 is 2.14 bits per heavy atom. The van der Waals surface area contributed by atoms with Crippen molar-refractivity contribution in [3.05, 3.63) is 65.2 Å². The van der Waals surface area contributed by atoms with Crippen LogP contribution >= 0.6 is 0 Å². The van der Waals surface area contributed by atoms with Crippen LogP contribution in [0.4, 0.5) is 5.69 Å². The van der Waals surface area contributed by atoms with E-state index in [1.807, 2.05) is 57.2 Å². The number of anilines is 1. The standard InChI is InChI=1S/C27H39N3O4S/c1-7-17-28-27(32)25(8-2)29(18-23-12-10-9-11-21(23)5)26(31)19-30(35(6,33)34)24-15-13-22(14-16-24)20(3)4/h9-16,20,25H,7-8,17-19H2,1-6H3,(H,28,32)/t25-/m0/s1. The second-order valence-electron chi connectivity index (χ2n) is 9.18. The molecule has 0 saturated carbocycles. The summed E-state index contributed by atoms with van der Waals surface area (Å²) in [5.41, 5.74) is 3.41. The summed E-state index contributed by atoms with van der Waals surface area (Å²) in [7, 11) is -3.74. The number of hydrogen-bond acceptors (Lipinski definition) is 4. The van der Waals surface area contributed by atoms with Gasteiger partial charge in [0.25, 0.3) is 0 Å². The van der Waals surface area contributed by atoms with Crippen molar-refractivity contribution in [2.24, 2.45) is 0 Å². The van der Waals surface area contributed by atoms with Gasteiger partial charge in [-0.15, -0.1) is 0 Å². The fraction of sp³-hybridized carbons (Fsp3) is 0.481. The van der Waals surface area contributed by atoms with Gasteiger partial charge in [0.15, 0.2) is 0 Å². The number of aryl methyl sites for hydroxylation is 1. The number of nitrogens with one attached hydrogen (secondary N) is 1. The summed E-state index contributed by atoms with van der Waals surface area (Å²) >= 11 is 0. The van der Waals surface area contributed by atoms with Crippen molar-refractivity contribution in [2.45, 2.75) is 66.0 Å². The molecule has 2 aromatic rings. The van der Waals surface area contributed by atoms with Gasteiger partial charge in [0, 0.05) is 13.1 Å². The first kappa shape index (κ1) is 28.4. The van der Waals surface area contributed by atoms with E-state index in [1.54, 1.807) is 12.1 Å². The second kappa shape index (κ2) is 12.7. The Bertz CT molecular complexity index is 1100. The molecule has 7 nitrogen and oxygen atoms in total. The summed E-state index contributed by atoms with van der Waals surface area (Å²) in [6.07, 6.45) is 2.28. The van der Waals surface area contributed by atoms with Gasteiger partial charge in [0.2, 0.25) is 21.8 Å². The van der Waals surface area contributed by atoms with Crippen molar-refractivity contribution in [3.8, 4) is 0 Å². The highest BCUT2D eigenvalue weighted by Crippen LogP contribution is 2.23. The van der Waals surface area contributed by atoms with Crippen LogP contribution in [-0.4, -0.2) is 50.5 Å². The molecule has 1 atom stereocenters. The van der Waals surface area contributed by atoms with Gasteiger partial charge in [-0.2, -0.15) is 0 Å². The Kier molecular flexibility index (Phi) is 10.3. The topological polar surface area (TPSA) is 86.8 Å². The Morgan fingerprint density at radius 2 is 1.63 bits per heavy atom. The third-order valence-corrected chi connectivity index (χ3v) is 7.20. The average Bonchev–Trinajstić information content (AvgIpc) is 2.81. The maximum atomic E-state index is 13.7. The van der Waals surface area contributed by atoms with E-state index in [-0.39, 0.29) is 19.0 Å². The fourth-order valence-electron chi connectivity index (χ4n) is 3.90. The first-order chi connectivity index (χ1) is 16.5. The SMILES string of the molecule is CCCNC(=O)[C@H](CC)N(Cc1ccccc1C)C(=O)CN(c1ccc(C(C)C)cc1)S(C)(=O)=O. The lowest BCUT2D eigenvalue weighted by Crippen LogP contribution is -2.52. The minimum atomic E-state index is -3.74. The third kappa shape index (κ3) is 7.82. The van der Waals surface area contributed by atoms with E-state index in [9.17, 15) is 18.0 Å². The van der Waals surface area contributed by atoms with Crippen LogP contribution in [0.2, 0.25) is 0 Å². The molecule has 2 rings (SSSR count). The van der Waals surface area contributed by atoms with Crippen LogP contribution < -0.4 is 9.62 Å². The molecule has 0 fully saturated rings. The zero-order chi connectivity index (χ0) is 26.2. The maximum absolute atomic E-state index is 13.7. The first-order valence-corrected chi connectivity index (χ1v) is 14.0. The predicted molar refractivity (Wildman–Crippen MR) is 142 cm³/mol. The molecule has 0 aromatic heterocycles. The van der Waals surface area contributed by atoms with Crippen molar-refractivity contribution in [1.82, 2.24) is 10.2 Å². The summed E-state index contributed by atoms with van der Waals surface area (Å²) in [5, 5.41) is 2.89. The minimum absolute atomic E-state index is 0.216. The fourth-order valence-corrected chi connectivity index (χ4v) is 4.75. The zero-order valence-corrected chi connectivity index (χ0v) is 22.6. The van der Waals surface area contributed by atoms with Crippen LogP contribution in [0.1, 0.15) is 63.1 Å². The number of sulfonamides is 1. The molecule has 0 bridgehead atoms. The highest BCUT2D eigenvalue weighted by molar-refractivity contribution is 7.92. The van der Waals surface area contributed by atoms with Gasteiger partial charge in [-0.05, 0) is 54.5 Å². The lowest BCUT2D eigenvalue weighted by Gasteiger charge is -2.33. The third-order valence-electron chi connectivity index (χ3n) is 6.06. The largest absolute Gasteiger partial charge is 0.354 e.